The summed E-state index contributed by atoms with van der Waals surface area (Å²) < 4.78 is 5.27. The first kappa shape index (κ1) is 15.4. The molecule has 0 amide bonds. The lowest BCUT2D eigenvalue weighted by Gasteiger charge is -2.25. The molecule has 1 aromatic rings. The Kier molecular flexibility index (Phi) is 6.61. The number of hydrogen-bond donors (Lipinski definition) is 0. The predicted molar refractivity (Wildman–Crippen MR) is 76.8 cm³/mol. The largest absolute Gasteiger partial charge is 0.495 e. The molecule has 0 aliphatic heterocycles. The molecule has 0 radical (unpaired) electrons. The molecular formula is C12H14Cl3NO2. The monoisotopic (exact) mass is 309 g/mol. The summed E-state index contributed by atoms with van der Waals surface area (Å²) in [5.74, 6) is 1.55. The Morgan fingerprint density at radius 3 is 2.33 bits per heavy atom. The van der Waals surface area contributed by atoms with Crippen molar-refractivity contribution in [2.45, 2.75) is 0 Å². The van der Waals surface area contributed by atoms with Gasteiger partial charge in [0.05, 0.1) is 12.8 Å². The van der Waals surface area contributed by atoms with Crippen LogP contribution in [-0.2, 0) is 0 Å². The predicted octanol–water partition coefficient (Wildman–Crippen LogP) is 3.36. The Morgan fingerprint density at radius 1 is 1.28 bits per heavy atom. The number of methoxy groups -OCH3 is 1. The number of halogens is 3. The lowest BCUT2D eigenvalue weighted by atomic mass is 10.2. The fourth-order valence-electron chi connectivity index (χ4n) is 1.62. The zero-order chi connectivity index (χ0) is 13.5. The molecule has 18 heavy (non-hydrogen) atoms. The van der Waals surface area contributed by atoms with E-state index < -0.39 is 5.24 Å². The van der Waals surface area contributed by atoms with Crippen LogP contribution in [0.25, 0.3) is 0 Å². The highest BCUT2D eigenvalue weighted by atomic mass is 35.5. The summed E-state index contributed by atoms with van der Waals surface area (Å²) in [6.45, 7) is 1.30. The fourth-order valence-corrected chi connectivity index (χ4v) is 2.14. The first-order chi connectivity index (χ1) is 8.63. The second-order valence-electron chi connectivity index (χ2n) is 3.53. The summed E-state index contributed by atoms with van der Waals surface area (Å²) in [6, 6.07) is 5.05. The van der Waals surface area contributed by atoms with Gasteiger partial charge in [-0.05, 0) is 29.8 Å². The third kappa shape index (κ3) is 3.94. The van der Waals surface area contributed by atoms with Crippen LogP contribution in [0.3, 0.4) is 0 Å². The fraction of sp³-hybridized carbons (Fsp3) is 0.417. The van der Waals surface area contributed by atoms with E-state index in [-0.39, 0.29) is 0 Å². The number of rotatable bonds is 7. The summed E-state index contributed by atoms with van der Waals surface area (Å²) in [6.07, 6.45) is 0. The molecule has 0 heterocycles. The van der Waals surface area contributed by atoms with Crippen LogP contribution < -0.4 is 9.64 Å². The molecule has 0 fully saturated rings. The number of alkyl halides is 2. The van der Waals surface area contributed by atoms with Crippen LogP contribution in [0.2, 0.25) is 0 Å². The number of benzene rings is 1. The van der Waals surface area contributed by atoms with Gasteiger partial charge in [0.25, 0.3) is 5.24 Å². The molecule has 0 saturated heterocycles. The molecule has 100 valence electrons. The van der Waals surface area contributed by atoms with Crippen LogP contribution in [0.15, 0.2) is 18.2 Å². The van der Waals surface area contributed by atoms with Gasteiger partial charge in [0.2, 0.25) is 0 Å². The molecule has 3 nitrogen and oxygen atoms in total. The van der Waals surface area contributed by atoms with E-state index in [9.17, 15) is 4.79 Å². The van der Waals surface area contributed by atoms with Gasteiger partial charge in [0.15, 0.2) is 0 Å². The molecule has 0 saturated carbocycles. The van der Waals surface area contributed by atoms with E-state index in [1.807, 2.05) is 4.90 Å². The van der Waals surface area contributed by atoms with E-state index in [0.717, 1.165) is 5.69 Å². The van der Waals surface area contributed by atoms with Crippen molar-refractivity contribution >= 4 is 45.7 Å². The van der Waals surface area contributed by atoms with Crippen molar-refractivity contribution in [3.8, 4) is 5.75 Å². The van der Waals surface area contributed by atoms with Crippen LogP contribution in [0, 0.1) is 0 Å². The number of carbonyl (C=O) groups excluding carboxylic acids is 1. The highest BCUT2D eigenvalue weighted by molar-refractivity contribution is 6.67. The standard InChI is InChI=1S/C12H14Cl3NO2/c1-18-11-8-9(12(15)17)2-3-10(11)16(6-4-13)7-5-14/h2-3,8H,4-7H2,1H3. The minimum atomic E-state index is -0.513. The molecule has 0 aromatic heterocycles. The Hall–Kier alpha value is -0.640. The summed E-state index contributed by atoms with van der Waals surface area (Å²) in [7, 11) is 1.54. The molecular weight excluding hydrogens is 296 g/mol. The van der Waals surface area contributed by atoms with Gasteiger partial charge in [-0.3, -0.25) is 4.79 Å². The van der Waals surface area contributed by atoms with Crippen LogP contribution in [-0.4, -0.2) is 37.2 Å². The second-order valence-corrected chi connectivity index (χ2v) is 4.62. The summed E-state index contributed by atoms with van der Waals surface area (Å²) in [5.41, 5.74) is 1.24. The van der Waals surface area contributed by atoms with Gasteiger partial charge in [-0.15, -0.1) is 23.2 Å². The van der Waals surface area contributed by atoms with Crippen molar-refractivity contribution in [2.75, 3.05) is 36.9 Å². The first-order valence-electron chi connectivity index (χ1n) is 5.38. The summed E-state index contributed by atoms with van der Waals surface area (Å²) in [5, 5.41) is -0.513. The SMILES string of the molecule is COc1cc(C(=O)Cl)ccc1N(CCCl)CCCl. The van der Waals surface area contributed by atoms with Gasteiger partial charge in [-0.25, -0.2) is 0 Å². The third-order valence-electron chi connectivity index (χ3n) is 2.46. The molecule has 0 unspecified atom stereocenters. The Morgan fingerprint density at radius 2 is 1.89 bits per heavy atom. The summed E-state index contributed by atoms with van der Waals surface area (Å²) in [4.78, 5) is 13.1. The molecule has 1 rings (SSSR count). The van der Waals surface area contributed by atoms with E-state index in [4.69, 9.17) is 39.5 Å². The van der Waals surface area contributed by atoms with Crippen molar-refractivity contribution in [3.63, 3.8) is 0 Å². The molecule has 6 heteroatoms. The van der Waals surface area contributed by atoms with Crippen molar-refractivity contribution in [1.82, 2.24) is 0 Å². The molecule has 0 aliphatic rings. The highest BCUT2D eigenvalue weighted by Gasteiger charge is 2.13. The molecule has 1 aromatic carbocycles. The Bertz CT molecular complexity index is 406. The van der Waals surface area contributed by atoms with Crippen LogP contribution in [0.5, 0.6) is 5.75 Å². The lowest BCUT2D eigenvalue weighted by molar-refractivity contribution is 0.108. The van der Waals surface area contributed by atoms with E-state index in [2.05, 4.69) is 0 Å². The molecule has 0 atom stereocenters. The van der Waals surface area contributed by atoms with E-state index in [1.165, 1.54) is 0 Å². The molecule has 0 bridgehead atoms. The first-order valence-corrected chi connectivity index (χ1v) is 6.83. The van der Waals surface area contributed by atoms with Crippen molar-refractivity contribution in [3.05, 3.63) is 23.8 Å². The van der Waals surface area contributed by atoms with Gasteiger partial charge >= 0.3 is 0 Å². The van der Waals surface area contributed by atoms with Crippen molar-refractivity contribution in [1.29, 1.82) is 0 Å². The quantitative estimate of drug-likeness (QED) is 0.571. The zero-order valence-corrected chi connectivity index (χ0v) is 12.2. The maximum absolute atomic E-state index is 11.1. The minimum Gasteiger partial charge on any atom is -0.495 e. The maximum atomic E-state index is 11.1. The van der Waals surface area contributed by atoms with Gasteiger partial charge in [-0.2, -0.15) is 0 Å². The Labute approximate surface area is 122 Å². The maximum Gasteiger partial charge on any atom is 0.252 e. The molecule has 0 N–H and O–H groups in total. The van der Waals surface area contributed by atoms with Crippen molar-refractivity contribution in [2.24, 2.45) is 0 Å². The smallest absolute Gasteiger partial charge is 0.252 e. The van der Waals surface area contributed by atoms with E-state index >= 15 is 0 Å². The van der Waals surface area contributed by atoms with Crippen LogP contribution >= 0.6 is 34.8 Å². The number of nitrogens with zero attached hydrogens (tertiary/aromatic N) is 1. The summed E-state index contributed by atoms with van der Waals surface area (Å²) >= 11 is 17.0. The lowest BCUT2D eigenvalue weighted by Crippen LogP contribution is -2.28. The topological polar surface area (TPSA) is 29.5 Å². The minimum absolute atomic E-state index is 0.397. The van der Waals surface area contributed by atoms with Crippen LogP contribution in [0.1, 0.15) is 10.4 Å². The van der Waals surface area contributed by atoms with Gasteiger partial charge in [0, 0.05) is 30.4 Å². The second kappa shape index (κ2) is 7.72. The van der Waals surface area contributed by atoms with E-state index in [1.54, 1.807) is 25.3 Å². The molecule has 0 aliphatic carbocycles. The van der Waals surface area contributed by atoms with Gasteiger partial charge in [0.1, 0.15) is 5.75 Å². The van der Waals surface area contributed by atoms with Gasteiger partial charge < -0.3 is 9.64 Å². The highest BCUT2D eigenvalue weighted by Crippen LogP contribution is 2.30. The average Bonchev–Trinajstić information content (AvgIpc) is 2.37. The zero-order valence-electron chi connectivity index (χ0n) is 9.96. The number of hydrogen-bond acceptors (Lipinski definition) is 3. The van der Waals surface area contributed by atoms with E-state index in [0.29, 0.717) is 36.2 Å². The normalized spacial score (nSPS) is 10.2. The molecule has 0 spiro atoms. The van der Waals surface area contributed by atoms with Gasteiger partial charge in [-0.1, -0.05) is 0 Å². The third-order valence-corrected chi connectivity index (χ3v) is 3.01. The number of ether oxygens (including phenoxy) is 1. The Balaban J connectivity index is 3.09. The van der Waals surface area contributed by atoms with Crippen LogP contribution in [0.4, 0.5) is 5.69 Å². The number of anilines is 1. The number of carbonyl (C=O) groups is 1. The van der Waals surface area contributed by atoms with Crippen molar-refractivity contribution < 1.29 is 9.53 Å². The average molecular weight is 311 g/mol.